The second kappa shape index (κ2) is 9.92. The summed E-state index contributed by atoms with van der Waals surface area (Å²) in [6, 6.07) is 12.5. The molecule has 1 aromatic heterocycles. The molecule has 2 aromatic carbocycles. The van der Waals surface area contributed by atoms with Gasteiger partial charge in [0.25, 0.3) is 0 Å². The van der Waals surface area contributed by atoms with Crippen LogP contribution < -0.4 is 20.9 Å². The summed E-state index contributed by atoms with van der Waals surface area (Å²) in [7, 11) is 0. The summed E-state index contributed by atoms with van der Waals surface area (Å²) in [5.74, 6) is -0.110. The Balaban J connectivity index is 1.61. The molecule has 32 heavy (non-hydrogen) atoms. The Morgan fingerprint density at radius 3 is 2.47 bits per heavy atom. The van der Waals surface area contributed by atoms with Gasteiger partial charge in [-0.2, -0.15) is 13.2 Å². The lowest BCUT2D eigenvalue weighted by Crippen LogP contribution is -2.43. The molecule has 168 valence electrons. The van der Waals surface area contributed by atoms with Crippen molar-refractivity contribution >= 4 is 40.5 Å². The quantitative estimate of drug-likeness (QED) is 0.322. The van der Waals surface area contributed by atoms with E-state index in [0.717, 1.165) is 18.2 Å². The maximum Gasteiger partial charge on any atom is 0.416 e. The molecule has 0 atom stereocenters. The van der Waals surface area contributed by atoms with Crippen molar-refractivity contribution in [2.24, 2.45) is 0 Å². The third-order valence-corrected chi connectivity index (χ3v) is 4.64. The Labute approximate surface area is 191 Å². The van der Waals surface area contributed by atoms with E-state index in [2.05, 4.69) is 16.2 Å². The van der Waals surface area contributed by atoms with Crippen molar-refractivity contribution in [2.75, 3.05) is 11.9 Å². The first kappa shape index (κ1) is 23.4. The predicted octanol–water partition coefficient (Wildman–Crippen LogP) is 5.65. The molecule has 0 aliphatic heterocycles. The van der Waals surface area contributed by atoms with Gasteiger partial charge in [0.15, 0.2) is 10.9 Å². The summed E-state index contributed by atoms with van der Waals surface area (Å²) in [4.78, 5) is 12.3. The van der Waals surface area contributed by atoms with Gasteiger partial charge in [-0.15, -0.1) is 0 Å². The summed E-state index contributed by atoms with van der Waals surface area (Å²) in [6.45, 7) is 2.43. The number of anilines is 1. The first-order valence-electron chi connectivity index (χ1n) is 9.24. The fourth-order valence-corrected chi connectivity index (χ4v) is 3.01. The standard InChI is InChI=1S/C21H17ClF3N3O3S/c1-2-30-14-6-4-13(5-7-14)26-20(32)28-27-19(29)18-10-9-17(31-18)15-11-12(21(23,24)25)3-8-16(15)22/h3-11H,2H2,1H3,(H,27,29)(H2,26,28,32). The minimum Gasteiger partial charge on any atom is -0.494 e. The van der Waals surface area contributed by atoms with E-state index in [4.69, 9.17) is 33.0 Å². The number of amides is 1. The lowest BCUT2D eigenvalue weighted by Gasteiger charge is -2.11. The van der Waals surface area contributed by atoms with Crippen LogP contribution >= 0.6 is 23.8 Å². The van der Waals surface area contributed by atoms with Gasteiger partial charge in [-0.05, 0) is 73.7 Å². The Morgan fingerprint density at radius 2 is 1.81 bits per heavy atom. The molecule has 3 aromatic rings. The molecule has 0 fully saturated rings. The van der Waals surface area contributed by atoms with E-state index < -0.39 is 17.6 Å². The number of rotatable bonds is 5. The average Bonchev–Trinajstić information content (AvgIpc) is 3.23. The molecule has 11 heteroatoms. The number of benzene rings is 2. The van der Waals surface area contributed by atoms with E-state index in [1.807, 2.05) is 6.92 Å². The fraction of sp³-hybridized carbons (Fsp3) is 0.143. The topological polar surface area (TPSA) is 75.5 Å². The van der Waals surface area contributed by atoms with E-state index in [1.54, 1.807) is 24.3 Å². The van der Waals surface area contributed by atoms with E-state index >= 15 is 0 Å². The highest BCUT2D eigenvalue weighted by molar-refractivity contribution is 7.80. The van der Waals surface area contributed by atoms with E-state index in [0.29, 0.717) is 18.0 Å². The molecule has 0 saturated heterocycles. The van der Waals surface area contributed by atoms with Crippen LogP contribution in [0.15, 0.2) is 59.0 Å². The van der Waals surface area contributed by atoms with Crippen LogP contribution in [0.2, 0.25) is 5.02 Å². The van der Waals surface area contributed by atoms with Crippen LogP contribution in [-0.4, -0.2) is 17.6 Å². The summed E-state index contributed by atoms with van der Waals surface area (Å²) in [5, 5.41) is 3.03. The number of hydrogen-bond donors (Lipinski definition) is 3. The van der Waals surface area contributed by atoms with Crippen LogP contribution in [0, 0.1) is 0 Å². The normalized spacial score (nSPS) is 11.0. The number of ether oxygens (including phenoxy) is 1. The molecule has 6 nitrogen and oxygen atoms in total. The maximum atomic E-state index is 13.0. The zero-order valence-corrected chi connectivity index (χ0v) is 18.1. The van der Waals surface area contributed by atoms with Crippen LogP contribution in [0.4, 0.5) is 18.9 Å². The number of carbonyl (C=O) groups excluding carboxylic acids is 1. The first-order valence-corrected chi connectivity index (χ1v) is 10.0. The van der Waals surface area contributed by atoms with Crippen LogP contribution in [0.3, 0.4) is 0 Å². The molecule has 0 aliphatic rings. The molecule has 0 aliphatic carbocycles. The molecular formula is C21H17ClF3N3O3S. The summed E-state index contributed by atoms with van der Waals surface area (Å²) >= 11 is 11.1. The molecule has 0 saturated carbocycles. The predicted molar refractivity (Wildman–Crippen MR) is 119 cm³/mol. The van der Waals surface area contributed by atoms with Gasteiger partial charge in [0.05, 0.1) is 17.2 Å². The fourth-order valence-electron chi connectivity index (χ4n) is 2.63. The van der Waals surface area contributed by atoms with Crippen molar-refractivity contribution < 1.29 is 27.1 Å². The second-order valence-electron chi connectivity index (χ2n) is 6.35. The van der Waals surface area contributed by atoms with Crippen molar-refractivity contribution in [3.63, 3.8) is 0 Å². The number of halogens is 4. The summed E-state index contributed by atoms with van der Waals surface area (Å²) in [5.41, 5.74) is 4.65. The summed E-state index contributed by atoms with van der Waals surface area (Å²) < 4.78 is 49.6. The molecule has 0 spiro atoms. The number of thiocarbonyl (C=S) groups is 1. The molecule has 0 radical (unpaired) electrons. The first-order chi connectivity index (χ1) is 15.2. The molecule has 3 N–H and O–H groups in total. The van der Waals surface area contributed by atoms with Gasteiger partial charge in [0.2, 0.25) is 0 Å². The third-order valence-electron chi connectivity index (χ3n) is 4.10. The van der Waals surface area contributed by atoms with Crippen LogP contribution in [0.1, 0.15) is 23.0 Å². The minimum atomic E-state index is -4.54. The minimum absolute atomic E-state index is 0.0150. The van der Waals surface area contributed by atoms with Crippen LogP contribution in [0.5, 0.6) is 5.75 Å². The Hall–Kier alpha value is -3.24. The van der Waals surface area contributed by atoms with Crippen molar-refractivity contribution in [2.45, 2.75) is 13.1 Å². The summed E-state index contributed by atoms with van der Waals surface area (Å²) in [6.07, 6.45) is -4.54. The van der Waals surface area contributed by atoms with E-state index in [9.17, 15) is 18.0 Å². The lowest BCUT2D eigenvalue weighted by atomic mass is 10.1. The maximum absolute atomic E-state index is 13.0. The molecule has 1 heterocycles. The molecule has 3 rings (SSSR count). The van der Waals surface area contributed by atoms with E-state index in [1.165, 1.54) is 12.1 Å². The second-order valence-corrected chi connectivity index (χ2v) is 7.16. The van der Waals surface area contributed by atoms with Gasteiger partial charge in [0, 0.05) is 11.3 Å². The Bertz CT molecular complexity index is 1120. The third kappa shape index (κ3) is 5.92. The average molecular weight is 484 g/mol. The Kier molecular flexibility index (Phi) is 7.26. The Morgan fingerprint density at radius 1 is 1.09 bits per heavy atom. The number of carbonyl (C=O) groups is 1. The van der Waals surface area contributed by atoms with Crippen molar-refractivity contribution in [3.8, 4) is 17.1 Å². The monoisotopic (exact) mass is 483 g/mol. The number of hydrazine groups is 1. The highest BCUT2D eigenvalue weighted by Gasteiger charge is 2.31. The number of furan rings is 1. The zero-order chi connectivity index (χ0) is 23.3. The highest BCUT2D eigenvalue weighted by Crippen LogP contribution is 2.36. The smallest absolute Gasteiger partial charge is 0.416 e. The van der Waals surface area contributed by atoms with Crippen LogP contribution in [-0.2, 0) is 6.18 Å². The SMILES string of the molecule is CCOc1ccc(NC(=S)NNC(=O)c2ccc(-c3cc(C(F)(F)F)ccc3Cl)o2)cc1. The molecule has 1 amide bonds. The van der Waals surface area contributed by atoms with Crippen molar-refractivity contribution in [1.29, 1.82) is 0 Å². The molecular weight excluding hydrogens is 467 g/mol. The number of alkyl halides is 3. The molecule has 0 unspecified atom stereocenters. The van der Waals surface area contributed by atoms with Gasteiger partial charge in [-0.3, -0.25) is 15.6 Å². The van der Waals surface area contributed by atoms with Crippen molar-refractivity contribution in [3.05, 3.63) is 70.9 Å². The van der Waals surface area contributed by atoms with Gasteiger partial charge < -0.3 is 14.5 Å². The lowest BCUT2D eigenvalue weighted by molar-refractivity contribution is -0.137. The highest BCUT2D eigenvalue weighted by atomic mass is 35.5. The van der Waals surface area contributed by atoms with Gasteiger partial charge in [-0.1, -0.05) is 11.6 Å². The molecule has 0 bridgehead atoms. The number of nitrogens with one attached hydrogen (secondary N) is 3. The van der Waals surface area contributed by atoms with Gasteiger partial charge in [0.1, 0.15) is 11.5 Å². The number of hydrogen-bond acceptors (Lipinski definition) is 4. The van der Waals surface area contributed by atoms with E-state index in [-0.39, 0.29) is 27.2 Å². The largest absolute Gasteiger partial charge is 0.494 e. The van der Waals surface area contributed by atoms with Gasteiger partial charge in [-0.25, -0.2) is 0 Å². The van der Waals surface area contributed by atoms with Gasteiger partial charge >= 0.3 is 12.1 Å². The zero-order valence-electron chi connectivity index (χ0n) is 16.5. The van der Waals surface area contributed by atoms with Crippen molar-refractivity contribution in [1.82, 2.24) is 10.9 Å². The van der Waals surface area contributed by atoms with Crippen LogP contribution in [0.25, 0.3) is 11.3 Å².